The Morgan fingerprint density at radius 1 is 1.15 bits per heavy atom. The Morgan fingerprint density at radius 3 is 2.48 bits per heavy atom. The number of nitrogens with one attached hydrogen (secondary N) is 1. The average Bonchev–Trinajstić information content (AvgIpc) is 3.20. The summed E-state index contributed by atoms with van der Waals surface area (Å²) in [5.41, 5.74) is 1.24. The van der Waals surface area contributed by atoms with Crippen LogP contribution >= 0.6 is 11.3 Å². The third-order valence-corrected chi connectivity index (χ3v) is 6.78. The summed E-state index contributed by atoms with van der Waals surface area (Å²) < 4.78 is 45.1. The minimum absolute atomic E-state index is 0.250. The Kier molecular flexibility index (Phi) is 6.46. The SMILES string of the molecule is CCOc1cc(N2CCOCC2)c(OCC)cc1NS(=O)(=O)c1cccs1. The zero-order chi connectivity index (χ0) is 19.3. The summed E-state index contributed by atoms with van der Waals surface area (Å²) in [6.07, 6.45) is 0. The van der Waals surface area contributed by atoms with Gasteiger partial charge in [-0.15, -0.1) is 11.3 Å². The molecule has 0 spiro atoms. The molecular formula is C18H24N2O5S2. The van der Waals surface area contributed by atoms with Crippen molar-refractivity contribution in [2.45, 2.75) is 18.1 Å². The standard InChI is InChI=1S/C18H24N2O5S2/c1-3-24-16-13-15(20-7-9-23-10-8-20)17(25-4-2)12-14(16)19-27(21,22)18-6-5-11-26-18/h5-6,11-13,19H,3-4,7-10H2,1-2H3. The van der Waals surface area contributed by atoms with Gasteiger partial charge in [0.05, 0.1) is 37.8 Å². The molecule has 0 saturated carbocycles. The predicted octanol–water partition coefficient (Wildman–Crippen LogP) is 3.18. The predicted molar refractivity (Wildman–Crippen MR) is 107 cm³/mol. The Labute approximate surface area is 163 Å². The fourth-order valence-electron chi connectivity index (χ4n) is 2.84. The van der Waals surface area contributed by atoms with E-state index in [1.165, 1.54) is 0 Å². The van der Waals surface area contributed by atoms with Crippen LogP contribution in [0.3, 0.4) is 0 Å². The molecule has 148 valence electrons. The highest BCUT2D eigenvalue weighted by molar-refractivity contribution is 7.94. The van der Waals surface area contributed by atoms with E-state index in [9.17, 15) is 8.42 Å². The number of benzene rings is 1. The highest BCUT2D eigenvalue weighted by Crippen LogP contribution is 2.40. The number of hydrogen-bond donors (Lipinski definition) is 1. The zero-order valence-electron chi connectivity index (χ0n) is 15.4. The molecule has 7 nitrogen and oxygen atoms in total. The molecule has 2 aromatic rings. The van der Waals surface area contributed by atoms with Crippen molar-refractivity contribution in [1.82, 2.24) is 0 Å². The van der Waals surface area contributed by atoms with E-state index in [2.05, 4.69) is 9.62 Å². The van der Waals surface area contributed by atoms with Gasteiger partial charge in [0.15, 0.2) is 0 Å². The van der Waals surface area contributed by atoms with Crippen LogP contribution in [0.4, 0.5) is 11.4 Å². The van der Waals surface area contributed by atoms with E-state index in [-0.39, 0.29) is 4.21 Å². The quantitative estimate of drug-likeness (QED) is 0.718. The molecular weight excluding hydrogens is 388 g/mol. The first-order valence-electron chi connectivity index (χ1n) is 8.87. The molecule has 1 aliphatic heterocycles. The maximum atomic E-state index is 12.7. The molecule has 0 aliphatic carbocycles. The van der Waals surface area contributed by atoms with Gasteiger partial charge >= 0.3 is 0 Å². The summed E-state index contributed by atoms with van der Waals surface area (Å²) >= 11 is 1.16. The number of ether oxygens (including phenoxy) is 3. The van der Waals surface area contributed by atoms with Crippen molar-refractivity contribution < 1.29 is 22.6 Å². The second kappa shape index (κ2) is 8.81. The van der Waals surface area contributed by atoms with E-state index in [1.807, 2.05) is 19.9 Å². The molecule has 27 heavy (non-hydrogen) atoms. The summed E-state index contributed by atoms with van der Waals surface area (Å²) in [4.78, 5) is 2.16. The Bertz CT molecular complexity index is 847. The fraction of sp³-hybridized carbons (Fsp3) is 0.444. The summed E-state index contributed by atoms with van der Waals surface area (Å²) in [6, 6.07) is 6.81. The summed E-state index contributed by atoms with van der Waals surface area (Å²) in [7, 11) is -3.68. The van der Waals surface area contributed by atoms with Gasteiger partial charge in [0, 0.05) is 25.2 Å². The van der Waals surface area contributed by atoms with Crippen molar-refractivity contribution in [2.24, 2.45) is 0 Å². The number of nitrogens with zero attached hydrogens (tertiary/aromatic N) is 1. The van der Waals surface area contributed by atoms with E-state index < -0.39 is 10.0 Å². The normalized spacial score (nSPS) is 14.8. The minimum atomic E-state index is -3.68. The number of thiophene rings is 1. The maximum Gasteiger partial charge on any atom is 0.271 e. The molecule has 1 aromatic carbocycles. The first kappa shape index (κ1) is 19.8. The van der Waals surface area contributed by atoms with Crippen LogP contribution in [-0.4, -0.2) is 47.9 Å². The van der Waals surface area contributed by atoms with Gasteiger partial charge in [0.2, 0.25) is 0 Å². The molecule has 2 heterocycles. The third-order valence-electron chi connectivity index (χ3n) is 4.02. The first-order valence-corrected chi connectivity index (χ1v) is 11.2. The fourth-order valence-corrected chi connectivity index (χ4v) is 4.89. The zero-order valence-corrected chi connectivity index (χ0v) is 17.1. The minimum Gasteiger partial charge on any atom is -0.492 e. The van der Waals surface area contributed by atoms with E-state index in [1.54, 1.807) is 23.6 Å². The van der Waals surface area contributed by atoms with E-state index in [0.29, 0.717) is 43.6 Å². The lowest BCUT2D eigenvalue weighted by atomic mass is 10.2. The Hall–Kier alpha value is -1.97. The van der Waals surface area contributed by atoms with Crippen molar-refractivity contribution in [3.63, 3.8) is 0 Å². The van der Waals surface area contributed by atoms with Gasteiger partial charge in [-0.25, -0.2) is 8.42 Å². The van der Waals surface area contributed by atoms with E-state index in [4.69, 9.17) is 14.2 Å². The smallest absolute Gasteiger partial charge is 0.271 e. The van der Waals surface area contributed by atoms with Gasteiger partial charge < -0.3 is 19.1 Å². The van der Waals surface area contributed by atoms with Gasteiger partial charge in [0.25, 0.3) is 10.0 Å². The van der Waals surface area contributed by atoms with E-state index >= 15 is 0 Å². The summed E-state index contributed by atoms with van der Waals surface area (Å²) in [6.45, 7) is 7.42. The van der Waals surface area contributed by atoms with Crippen LogP contribution in [0.15, 0.2) is 33.9 Å². The lowest BCUT2D eigenvalue weighted by molar-refractivity contribution is 0.122. The lowest BCUT2D eigenvalue weighted by Gasteiger charge is -2.31. The molecule has 1 aliphatic rings. The summed E-state index contributed by atoms with van der Waals surface area (Å²) in [5.74, 6) is 1.09. The highest BCUT2D eigenvalue weighted by atomic mass is 32.2. The van der Waals surface area contributed by atoms with Gasteiger partial charge in [0.1, 0.15) is 15.7 Å². The topological polar surface area (TPSA) is 77.1 Å². The molecule has 1 aromatic heterocycles. The monoisotopic (exact) mass is 412 g/mol. The largest absolute Gasteiger partial charge is 0.492 e. The lowest BCUT2D eigenvalue weighted by Crippen LogP contribution is -2.36. The van der Waals surface area contributed by atoms with Gasteiger partial charge in [-0.05, 0) is 25.3 Å². The Balaban J connectivity index is 2.00. The number of anilines is 2. The molecule has 0 unspecified atom stereocenters. The van der Waals surface area contributed by atoms with Crippen molar-refractivity contribution in [3.8, 4) is 11.5 Å². The van der Waals surface area contributed by atoms with Gasteiger partial charge in [-0.3, -0.25) is 4.72 Å². The first-order chi connectivity index (χ1) is 13.0. The average molecular weight is 413 g/mol. The van der Waals surface area contributed by atoms with Crippen LogP contribution in [0.5, 0.6) is 11.5 Å². The maximum absolute atomic E-state index is 12.7. The van der Waals surface area contributed by atoms with E-state index in [0.717, 1.165) is 30.1 Å². The molecule has 9 heteroatoms. The molecule has 1 saturated heterocycles. The Morgan fingerprint density at radius 2 is 1.85 bits per heavy atom. The van der Waals surface area contributed by atoms with Crippen LogP contribution in [-0.2, 0) is 14.8 Å². The third kappa shape index (κ3) is 4.66. The van der Waals surface area contributed by atoms with Gasteiger partial charge in [-0.1, -0.05) is 6.07 Å². The molecule has 3 rings (SSSR count). The van der Waals surface area contributed by atoms with Gasteiger partial charge in [-0.2, -0.15) is 0 Å². The molecule has 0 atom stereocenters. The molecule has 1 fully saturated rings. The number of rotatable bonds is 8. The van der Waals surface area contributed by atoms with Crippen molar-refractivity contribution >= 4 is 32.7 Å². The van der Waals surface area contributed by atoms with Crippen molar-refractivity contribution in [1.29, 1.82) is 0 Å². The van der Waals surface area contributed by atoms with Crippen LogP contribution in [0.2, 0.25) is 0 Å². The van der Waals surface area contributed by atoms with Crippen LogP contribution in [0, 0.1) is 0 Å². The second-order valence-corrected chi connectivity index (χ2v) is 8.68. The second-order valence-electron chi connectivity index (χ2n) is 5.82. The molecule has 0 radical (unpaired) electrons. The summed E-state index contributed by atoms with van der Waals surface area (Å²) in [5, 5.41) is 1.73. The number of morpholine rings is 1. The van der Waals surface area contributed by atoms with Crippen LogP contribution in [0.1, 0.15) is 13.8 Å². The highest BCUT2D eigenvalue weighted by Gasteiger charge is 2.23. The van der Waals surface area contributed by atoms with Crippen LogP contribution in [0.25, 0.3) is 0 Å². The molecule has 0 amide bonds. The number of hydrogen-bond acceptors (Lipinski definition) is 7. The molecule has 0 bridgehead atoms. The van der Waals surface area contributed by atoms with Crippen molar-refractivity contribution in [3.05, 3.63) is 29.6 Å². The molecule has 1 N–H and O–H groups in total. The van der Waals surface area contributed by atoms with Crippen LogP contribution < -0.4 is 19.1 Å². The number of sulfonamides is 1. The van der Waals surface area contributed by atoms with Crippen molar-refractivity contribution in [2.75, 3.05) is 49.1 Å².